The van der Waals surface area contributed by atoms with Gasteiger partial charge in [0.25, 0.3) is 5.56 Å². The Kier molecular flexibility index (Phi) is 4.48. The molecule has 28 heavy (non-hydrogen) atoms. The molecule has 0 atom stereocenters. The van der Waals surface area contributed by atoms with Gasteiger partial charge in [-0.05, 0) is 31.5 Å². The minimum Gasteiger partial charge on any atom is -0.310 e. The molecule has 0 aliphatic carbocycles. The van der Waals surface area contributed by atoms with Crippen molar-refractivity contribution in [2.45, 2.75) is 26.9 Å². The van der Waals surface area contributed by atoms with Crippen LogP contribution in [0.2, 0.25) is 0 Å². The van der Waals surface area contributed by atoms with Crippen molar-refractivity contribution in [2.24, 2.45) is 0 Å². The summed E-state index contributed by atoms with van der Waals surface area (Å²) in [5, 5.41) is 11.7. The van der Waals surface area contributed by atoms with Crippen molar-refractivity contribution in [1.29, 1.82) is 0 Å². The average molecular weight is 377 g/mol. The number of hydrogen-bond acceptors (Lipinski definition) is 5. The number of carbonyl (C=O) groups excluding carboxylic acids is 1. The summed E-state index contributed by atoms with van der Waals surface area (Å²) in [6, 6.07) is 7.22. The van der Waals surface area contributed by atoms with Gasteiger partial charge in [-0.15, -0.1) is 0 Å². The third-order valence-corrected chi connectivity index (χ3v) is 4.38. The number of rotatable bonds is 5. The molecule has 0 aliphatic rings. The van der Waals surface area contributed by atoms with E-state index in [1.165, 1.54) is 0 Å². The Labute approximate surface area is 160 Å². The first-order valence-electron chi connectivity index (χ1n) is 8.88. The lowest BCUT2D eigenvalue weighted by molar-refractivity contribution is -0.116. The van der Waals surface area contributed by atoms with E-state index in [9.17, 15) is 9.59 Å². The first-order valence-corrected chi connectivity index (χ1v) is 8.88. The third kappa shape index (κ3) is 3.41. The summed E-state index contributed by atoms with van der Waals surface area (Å²) in [7, 11) is 0. The Morgan fingerprint density at radius 1 is 1.21 bits per heavy atom. The first kappa shape index (κ1) is 17.7. The number of anilines is 1. The number of nitrogens with zero attached hydrogens (tertiary/aromatic N) is 5. The number of aromatic nitrogens is 6. The molecule has 0 saturated heterocycles. The van der Waals surface area contributed by atoms with Crippen LogP contribution in [0, 0.1) is 6.92 Å². The summed E-state index contributed by atoms with van der Waals surface area (Å²) in [6.45, 7) is 4.44. The summed E-state index contributed by atoms with van der Waals surface area (Å²) in [6.07, 6.45) is 5.08. The number of nitrogens with one attached hydrogen (secondary N) is 2. The van der Waals surface area contributed by atoms with E-state index < -0.39 is 0 Å². The molecule has 0 bridgehead atoms. The van der Waals surface area contributed by atoms with E-state index in [0.29, 0.717) is 29.1 Å². The zero-order valence-electron chi connectivity index (χ0n) is 15.5. The smallest absolute Gasteiger partial charge is 0.258 e. The van der Waals surface area contributed by atoms with Gasteiger partial charge in [-0.3, -0.25) is 14.3 Å². The summed E-state index contributed by atoms with van der Waals surface area (Å²) in [4.78, 5) is 31.5. The van der Waals surface area contributed by atoms with E-state index in [0.717, 1.165) is 11.1 Å². The molecule has 0 unspecified atom stereocenters. The van der Waals surface area contributed by atoms with Crippen molar-refractivity contribution in [3.05, 3.63) is 59.0 Å². The van der Waals surface area contributed by atoms with E-state index in [-0.39, 0.29) is 18.0 Å². The van der Waals surface area contributed by atoms with Crippen LogP contribution in [0.15, 0.2) is 47.7 Å². The van der Waals surface area contributed by atoms with Gasteiger partial charge in [-0.2, -0.15) is 10.2 Å². The highest BCUT2D eigenvalue weighted by atomic mass is 16.2. The van der Waals surface area contributed by atoms with Crippen LogP contribution in [0.5, 0.6) is 0 Å². The number of fused-ring (bicyclic) bond motifs is 1. The fourth-order valence-electron chi connectivity index (χ4n) is 3.05. The molecule has 142 valence electrons. The maximum atomic E-state index is 12.3. The van der Waals surface area contributed by atoms with E-state index in [2.05, 4.69) is 25.5 Å². The normalized spacial score (nSPS) is 11.1. The first-order chi connectivity index (χ1) is 13.5. The van der Waals surface area contributed by atoms with Crippen molar-refractivity contribution in [3.63, 3.8) is 0 Å². The maximum absolute atomic E-state index is 12.3. The van der Waals surface area contributed by atoms with Crippen molar-refractivity contribution in [2.75, 3.05) is 5.32 Å². The molecule has 0 saturated carbocycles. The monoisotopic (exact) mass is 377 g/mol. The number of amides is 1. The van der Waals surface area contributed by atoms with Crippen LogP contribution in [0.1, 0.15) is 12.7 Å². The molecule has 3 heterocycles. The third-order valence-electron chi connectivity index (χ3n) is 4.38. The zero-order chi connectivity index (χ0) is 19.7. The van der Waals surface area contributed by atoms with Crippen LogP contribution < -0.4 is 10.9 Å². The molecule has 0 radical (unpaired) electrons. The van der Waals surface area contributed by atoms with Gasteiger partial charge in [-0.1, -0.05) is 6.07 Å². The molecule has 0 aliphatic heterocycles. The van der Waals surface area contributed by atoms with Crippen LogP contribution >= 0.6 is 0 Å². The number of hydrogen-bond donors (Lipinski definition) is 2. The Hall–Kier alpha value is -3.75. The predicted octanol–water partition coefficient (Wildman–Crippen LogP) is 1.95. The Morgan fingerprint density at radius 2 is 2.07 bits per heavy atom. The van der Waals surface area contributed by atoms with Crippen LogP contribution in [-0.4, -0.2) is 35.4 Å². The second kappa shape index (κ2) is 7.10. The lowest BCUT2D eigenvalue weighted by atomic mass is 10.1. The zero-order valence-corrected chi connectivity index (χ0v) is 15.5. The summed E-state index contributed by atoms with van der Waals surface area (Å²) < 4.78 is 3.26. The molecule has 4 rings (SSSR count). The minimum atomic E-state index is -0.195. The minimum absolute atomic E-state index is 0.0732. The molecule has 0 spiro atoms. The predicted molar refractivity (Wildman–Crippen MR) is 105 cm³/mol. The number of carbonyl (C=O) groups is 1. The molecule has 2 N–H and O–H groups in total. The van der Waals surface area contributed by atoms with Crippen LogP contribution in [0.4, 0.5) is 5.82 Å². The van der Waals surface area contributed by atoms with E-state index >= 15 is 0 Å². The topological polar surface area (TPSA) is 110 Å². The van der Waals surface area contributed by atoms with Gasteiger partial charge in [0, 0.05) is 24.4 Å². The Morgan fingerprint density at radius 3 is 2.89 bits per heavy atom. The van der Waals surface area contributed by atoms with Crippen LogP contribution in [0.25, 0.3) is 22.0 Å². The van der Waals surface area contributed by atoms with Crippen molar-refractivity contribution in [1.82, 2.24) is 29.5 Å². The second-order valence-electron chi connectivity index (χ2n) is 6.39. The largest absolute Gasteiger partial charge is 0.310 e. The summed E-state index contributed by atoms with van der Waals surface area (Å²) in [5.74, 6) is 1.03. The van der Waals surface area contributed by atoms with Gasteiger partial charge in [0.05, 0.1) is 23.3 Å². The van der Waals surface area contributed by atoms with Crippen LogP contribution in [0.3, 0.4) is 0 Å². The van der Waals surface area contributed by atoms with E-state index in [4.69, 9.17) is 0 Å². The Balaban J connectivity index is 1.53. The van der Waals surface area contributed by atoms with Crippen molar-refractivity contribution >= 4 is 22.6 Å². The van der Waals surface area contributed by atoms with Crippen molar-refractivity contribution < 1.29 is 4.79 Å². The molecular weight excluding hydrogens is 358 g/mol. The van der Waals surface area contributed by atoms with Gasteiger partial charge < -0.3 is 10.3 Å². The second-order valence-corrected chi connectivity index (χ2v) is 6.39. The lowest BCUT2D eigenvalue weighted by Crippen LogP contribution is -2.20. The number of benzene rings is 1. The molecular formula is C19H19N7O2. The molecule has 1 amide bonds. The van der Waals surface area contributed by atoms with E-state index in [1.54, 1.807) is 47.0 Å². The quantitative estimate of drug-likeness (QED) is 0.552. The average Bonchev–Trinajstić information content (AvgIpc) is 3.30. The fraction of sp³-hybridized carbons (Fsp3) is 0.211. The SMILES string of the molecule is CCn1nccc1NC(=O)Cn1cc(-c2ccc3nc(C)[nH]c(=O)c3c2)cn1. The van der Waals surface area contributed by atoms with Gasteiger partial charge in [-0.25, -0.2) is 9.67 Å². The van der Waals surface area contributed by atoms with E-state index in [1.807, 2.05) is 19.1 Å². The Bertz CT molecular complexity index is 1220. The highest BCUT2D eigenvalue weighted by Gasteiger charge is 2.10. The van der Waals surface area contributed by atoms with Crippen LogP contribution in [-0.2, 0) is 17.9 Å². The number of aromatic amines is 1. The van der Waals surface area contributed by atoms with Gasteiger partial charge in [0.2, 0.25) is 5.91 Å². The molecule has 9 nitrogen and oxygen atoms in total. The maximum Gasteiger partial charge on any atom is 0.258 e. The number of H-pyrrole nitrogens is 1. The van der Waals surface area contributed by atoms with Crippen molar-refractivity contribution in [3.8, 4) is 11.1 Å². The standard InChI is InChI=1S/C19H19N7O2/c1-3-26-17(6-7-20-26)24-18(27)11-25-10-14(9-21-25)13-4-5-16-15(8-13)19(28)23-12(2)22-16/h4-10H,3,11H2,1-2H3,(H,24,27)(H,22,23,28). The molecule has 9 heteroatoms. The summed E-state index contributed by atoms with van der Waals surface area (Å²) >= 11 is 0. The highest BCUT2D eigenvalue weighted by molar-refractivity contribution is 5.89. The van der Waals surface area contributed by atoms with Gasteiger partial charge in [0.1, 0.15) is 18.2 Å². The van der Waals surface area contributed by atoms with Gasteiger partial charge >= 0.3 is 0 Å². The molecule has 1 aromatic carbocycles. The summed E-state index contributed by atoms with van der Waals surface area (Å²) in [5.41, 5.74) is 2.11. The van der Waals surface area contributed by atoms with Gasteiger partial charge in [0.15, 0.2) is 0 Å². The number of aryl methyl sites for hydroxylation is 2. The fourth-order valence-corrected chi connectivity index (χ4v) is 3.05. The lowest BCUT2D eigenvalue weighted by Gasteiger charge is -2.07. The molecule has 3 aromatic heterocycles. The molecule has 4 aromatic rings. The molecule has 0 fully saturated rings. The highest BCUT2D eigenvalue weighted by Crippen LogP contribution is 2.21.